The van der Waals surface area contributed by atoms with Crippen LogP contribution in [0.25, 0.3) is 0 Å². The van der Waals surface area contributed by atoms with Gasteiger partial charge in [0, 0.05) is 37.0 Å². The minimum atomic E-state index is -0.169. The maximum absolute atomic E-state index is 12.6. The fourth-order valence-corrected chi connectivity index (χ4v) is 2.56. The van der Waals surface area contributed by atoms with E-state index in [4.69, 9.17) is 0 Å². The molecule has 0 atom stereocenters. The number of carbonyl (C=O) groups is 1. The fraction of sp³-hybridized carbons (Fsp3) is 0.150. The number of hydrogen-bond donors (Lipinski definition) is 2. The maximum Gasteiger partial charge on any atom is 0.257 e. The molecular weight excluding hydrogens is 312 g/mol. The number of aryl methyl sites for hydroxylation is 2. The van der Waals surface area contributed by atoms with Crippen LogP contribution in [0.4, 0.5) is 11.4 Å². The van der Waals surface area contributed by atoms with Crippen molar-refractivity contribution in [3.63, 3.8) is 0 Å². The van der Waals surface area contributed by atoms with Gasteiger partial charge in [0.15, 0.2) is 0 Å². The Morgan fingerprint density at radius 2 is 1.72 bits per heavy atom. The van der Waals surface area contributed by atoms with Crippen LogP contribution in [0, 0.1) is 13.8 Å². The number of aromatic nitrogens is 2. The average Bonchev–Trinajstić information content (AvgIpc) is 2.64. The van der Waals surface area contributed by atoms with Crippen LogP contribution in [-0.2, 0) is 6.54 Å². The van der Waals surface area contributed by atoms with E-state index in [1.54, 1.807) is 30.9 Å². The van der Waals surface area contributed by atoms with Gasteiger partial charge < -0.3 is 10.6 Å². The van der Waals surface area contributed by atoms with E-state index in [1.807, 2.05) is 44.2 Å². The standard InChI is InChI=1S/C20H20N4O/c1-14-4-3-5-15(2)19(14)24-20(25)17-10-18(13-22-12-17)23-11-16-6-8-21-9-7-16/h3-10,12-13,23H,11H2,1-2H3,(H,24,25). The molecule has 0 fully saturated rings. The van der Waals surface area contributed by atoms with Gasteiger partial charge in [0.2, 0.25) is 0 Å². The molecule has 0 aliphatic heterocycles. The predicted molar refractivity (Wildman–Crippen MR) is 99.7 cm³/mol. The molecule has 5 nitrogen and oxygen atoms in total. The van der Waals surface area contributed by atoms with Gasteiger partial charge in [-0.3, -0.25) is 14.8 Å². The smallest absolute Gasteiger partial charge is 0.257 e. The highest BCUT2D eigenvalue weighted by molar-refractivity contribution is 6.05. The van der Waals surface area contributed by atoms with Crippen molar-refractivity contribution >= 4 is 17.3 Å². The number of rotatable bonds is 5. The number of anilines is 2. The molecule has 3 rings (SSSR count). The van der Waals surface area contributed by atoms with Crippen molar-refractivity contribution < 1.29 is 4.79 Å². The molecule has 3 aromatic rings. The van der Waals surface area contributed by atoms with Crippen LogP contribution in [0.3, 0.4) is 0 Å². The zero-order valence-electron chi connectivity index (χ0n) is 14.3. The van der Waals surface area contributed by atoms with E-state index < -0.39 is 0 Å². The van der Waals surface area contributed by atoms with Gasteiger partial charge in [-0.25, -0.2) is 0 Å². The number of benzene rings is 1. The molecule has 0 aliphatic rings. The van der Waals surface area contributed by atoms with E-state index in [1.165, 1.54) is 0 Å². The second-order valence-electron chi connectivity index (χ2n) is 5.89. The monoisotopic (exact) mass is 332 g/mol. The Morgan fingerprint density at radius 3 is 2.44 bits per heavy atom. The summed E-state index contributed by atoms with van der Waals surface area (Å²) >= 11 is 0. The van der Waals surface area contributed by atoms with Crippen LogP contribution in [0.1, 0.15) is 27.0 Å². The molecule has 2 N–H and O–H groups in total. The highest BCUT2D eigenvalue weighted by Crippen LogP contribution is 2.20. The van der Waals surface area contributed by atoms with Gasteiger partial charge in [-0.2, -0.15) is 0 Å². The number of carbonyl (C=O) groups excluding carboxylic acids is 1. The fourth-order valence-electron chi connectivity index (χ4n) is 2.56. The zero-order chi connectivity index (χ0) is 17.6. The average molecular weight is 332 g/mol. The van der Waals surface area contributed by atoms with Gasteiger partial charge in [0.05, 0.1) is 11.3 Å². The van der Waals surface area contributed by atoms with E-state index in [0.29, 0.717) is 12.1 Å². The van der Waals surface area contributed by atoms with Crippen LogP contribution >= 0.6 is 0 Å². The summed E-state index contributed by atoms with van der Waals surface area (Å²) in [4.78, 5) is 20.7. The molecule has 0 bridgehead atoms. The minimum absolute atomic E-state index is 0.169. The van der Waals surface area contributed by atoms with Gasteiger partial charge in [-0.15, -0.1) is 0 Å². The lowest BCUT2D eigenvalue weighted by atomic mass is 10.1. The largest absolute Gasteiger partial charge is 0.380 e. The van der Waals surface area contributed by atoms with Crippen molar-refractivity contribution in [3.05, 3.63) is 83.4 Å². The number of pyridine rings is 2. The molecule has 126 valence electrons. The summed E-state index contributed by atoms with van der Waals surface area (Å²) in [6.45, 7) is 4.60. The molecule has 1 amide bonds. The highest BCUT2D eigenvalue weighted by Gasteiger charge is 2.10. The molecule has 25 heavy (non-hydrogen) atoms. The maximum atomic E-state index is 12.6. The van der Waals surface area contributed by atoms with E-state index in [2.05, 4.69) is 20.6 Å². The molecule has 0 unspecified atom stereocenters. The molecule has 5 heteroatoms. The Bertz CT molecular complexity index is 858. The predicted octanol–water partition coefficient (Wildman–Crippen LogP) is 3.96. The third kappa shape index (κ3) is 4.20. The topological polar surface area (TPSA) is 66.9 Å². The summed E-state index contributed by atoms with van der Waals surface area (Å²) < 4.78 is 0. The lowest BCUT2D eigenvalue weighted by Gasteiger charge is -2.12. The molecule has 2 heterocycles. The van der Waals surface area contributed by atoms with Crippen LogP contribution in [-0.4, -0.2) is 15.9 Å². The number of nitrogens with zero attached hydrogens (tertiary/aromatic N) is 2. The Hall–Kier alpha value is -3.21. The van der Waals surface area contributed by atoms with Gasteiger partial charge in [0.1, 0.15) is 0 Å². The van der Waals surface area contributed by atoms with E-state index >= 15 is 0 Å². The number of nitrogens with one attached hydrogen (secondary N) is 2. The Labute approximate surface area is 147 Å². The van der Waals surface area contributed by atoms with Gasteiger partial charge in [-0.1, -0.05) is 18.2 Å². The van der Waals surface area contributed by atoms with E-state index in [9.17, 15) is 4.79 Å². The first-order valence-electron chi connectivity index (χ1n) is 8.09. The second-order valence-corrected chi connectivity index (χ2v) is 5.89. The quantitative estimate of drug-likeness (QED) is 0.742. The van der Waals surface area contributed by atoms with Crippen molar-refractivity contribution in [1.29, 1.82) is 0 Å². The number of amides is 1. The number of hydrogen-bond acceptors (Lipinski definition) is 4. The first-order valence-corrected chi connectivity index (χ1v) is 8.09. The van der Waals surface area contributed by atoms with E-state index in [0.717, 1.165) is 28.1 Å². The lowest BCUT2D eigenvalue weighted by Crippen LogP contribution is -2.14. The Balaban J connectivity index is 1.71. The summed E-state index contributed by atoms with van der Waals surface area (Å²) in [6.07, 6.45) is 6.78. The third-order valence-corrected chi connectivity index (χ3v) is 3.97. The van der Waals surface area contributed by atoms with Crippen LogP contribution in [0.15, 0.2) is 61.2 Å². The minimum Gasteiger partial charge on any atom is -0.380 e. The highest BCUT2D eigenvalue weighted by atomic mass is 16.1. The summed E-state index contributed by atoms with van der Waals surface area (Å²) in [5.41, 5.74) is 5.35. The van der Waals surface area contributed by atoms with Gasteiger partial charge in [-0.05, 0) is 48.7 Å². The summed E-state index contributed by atoms with van der Waals surface area (Å²) in [5, 5.41) is 6.25. The summed E-state index contributed by atoms with van der Waals surface area (Å²) in [6, 6.07) is 11.6. The molecule has 0 spiro atoms. The van der Waals surface area contributed by atoms with Crippen molar-refractivity contribution in [1.82, 2.24) is 9.97 Å². The zero-order valence-corrected chi connectivity index (χ0v) is 14.3. The Kier molecular flexibility index (Phi) is 5.04. The molecule has 0 aliphatic carbocycles. The number of para-hydroxylation sites is 1. The van der Waals surface area contributed by atoms with Gasteiger partial charge >= 0.3 is 0 Å². The molecule has 0 saturated carbocycles. The molecule has 0 radical (unpaired) electrons. The van der Waals surface area contributed by atoms with Crippen molar-refractivity contribution in [2.75, 3.05) is 10.6 Å². The molecule has 2 aromatic heterocycles. The van der Waals surface area contributed by atoms with Gasteiger partial charge in [0.25, 0.3) is 5.91 Å². The summed E-state index contributed by atoms with van der Waals surface area (Å²) in [5.74, 6) is -0.169. The molecular formula is C20H20N4O. The van der Waals surface area contributed by atoms with Crippen molar-refractivity contribution in [2.24, 2.45) is 0 Å². The Morgan fingerprint density at radius 1 is 1.00 bits per heavy atom. The molecule has 1 aromatic carbocycles. The van der Waals surface area contributed by atoms with E-state index in [-0.39, 0.29) is 5.91 Å². The van der Waals surface area contributed by atoms with Crippen molar-refractivity contribution in [2.45, 2.75) is 20.4 Å². The SMILES string of the molecule is Cc1cccc(C)c1NC(=O)c1cncc(NCc2ccncc2)c1. The second kappa shape index (κ2) is 7.57. The normalized spacial score (nSPS) is 10.3. The lowest BCUT2D eigenvalue weighted by molar-refractivity contribution is 0.102. The van der Waals surface area contributed by atoms with Crippen molar-refractivity contribution in [3.8, 4) is 0 Å². The van der Waals surface area contributed by atoms with Crippen LogP contribution < -0.4 is 10.6 Å². The first kappa shape index (κ1) is 16.6. The third-order valence-electron chi connectivity index (χ3n) is 3.97. The van der Waals surface area contributed by atoms with Crippen LogP contribution in [0.5, 0.6) is 0 Å². The first-order chi connectivity index (χ1) is 12.1. The molecule has 0 saturated heterocycles. The summed E-state index contributed by atoms with van der Waals surface area (Å²) in [7, 11) is 0. The van der Waals surface area contributed by atoms with Crippen LogP contribution in [0.2, 0.25) is 0 Å².